The summed E-state index contributed by atoms with van der Waals surface area (Å²) in [6.45, 7) is 4.33. The van der Waals surface area contributed by atoms with E-state index >= 15 is 0 Å². The first kappa shape index (κ1) is 21.1. The monoisotopic (exact) mass is 455 g/mol. The van der Waals surface area contributed by atoms with Crippen LogP contribution in [0.2, 0.25) is 0 Å². The van der Waals surface area contributed by atoms with Gasteiger partial charge in [0.1, 0.15) is 5.76 Å². The van der Waals surface area contributed by atoms with Crippen molar-refractivity contribution in [3.8, 4) is 5.75 Å². The molecule has 0 spiro atoms. The highest BCUT2D eigenvalue weighted by Gasteiger charge is 2.18. The van der Waals surface area contributed by atoms with Crippen LogP contribution in [0.5, 0.6) is 5.75 Å². The predicted octanol–water partition coefficient (Wildman–Crippen LogP) is 5.02. The smallest absolute Gasteiger partial charge is 0.267 e. The number of hydrogen-bond acceptors (Lipinski definition) is 7. The molecule has 0 fully saturated rings. The van der Waals surface area contributed by atoms with Gasteiger partial charge in [0, 0.05) is 10.8 Å². The molecule has 4 aromatic rings. The van der Waals surface area contributed by atoms with Gasteiger partial charge in [0.25, 0.3) is 5.91 Å². The zero-order valence-electron chi connectivity index (χ0n) is 17.0. The number of amides is 2. The zero-order valence-corrected chi connectivity index (χ0v) is 18.6. The van der Waals surface area contributed by atoms with E-state index in [0.29, 0.717) is 39.4 Å². The van der Waals surface area contributed by atoms with Gasteiger partial charge in [-0.2, -0.15) is 0 Å². The molecule has 160 valence electrons. The molecule has 0 aliphatic heterocycles. The Labute approximate surface area is 187 Å². The fourth-order valence-electron chi connectivity index (χ4n) is 3.08. The lowest BCUT2D eigenvalue weighted by Gasteiger charge is -2.10. The maximum absolute atomic E-state index is 12.5. The topological polar surface area (TPSA) is 93.5 Å². The van der Waals surface area contributed by atoms with Gasteiger partial charge < -0.3 is 14.5 Å². The van der Waals surface area contributed by atoms with Crippen LogP contribution in [0.15, 0.2) is 51.6 Å². The van der Waals surface area contributed by atoms with Crippen LogP contribution in [0.25, 0.3) is 11.0 Å². The molecular weight excluding hydrogens is 434 g/mol. The molecule has 0 bridgehead atoms. The number of nitrogens with zero attached hydrogens (tertiary/aromatic N) is 1. The number of rotatable bonds is 8. The number of thiazole rings is 1. The van der Waals surface area contributed by atoms with Crippen LogP contribution in [0.3, 0.4) is 0 Å². The highest BCUT2D eigenvalue weighted by molar-refractivity contribution is 7.14. The summed E-state index contributed by atoms with van der Waals surface area (Å²) < 4.78 is 11.6. The Morgan fingerprint density at radius 2 is 2.10 bits per heavy atom. The number of fused-ring (bicyclic) bond motifs is 1. The van der Waals surface area contributed by atoms with Crippen LogP contribution in [-0.4, -0.2) is 23.4 Å². The van der Waals surface area contributed by atoms with Crippen molar-refractivity contribution in [1.29, 1.82) is 0 Å². The average molecular weight is 456 g/mol. The fraction of sp³-hybridized carbons (Fsp3) is 0.227. The van der Waals surface area contributed by atoms with E-state index in [2.05, 4.69) is 15.6 Å². The molecule has 3 heterocycles. The number of carbonyl (C=O) groups is 2. The van der Waals surface area contributed by atoms with Crippen molar-refractivity contribution in [3.05, 3.63) is 63.5 Å². The maximum Gasteiger partial charge on any atom is 0.267 e. The Morgan fingerprint density at radius 1 is 1.23 bits per heavy atom. The van der Waals surface area contributed by atoms with E-state index in [1.807, 2.05) is 49.6 Å². The second-order valence-electron chi connectivity index (χ2n) is 6.80. The second kappa shape index (κ2) is 9.32. The molecule has 1 unspecified atom stereocenters. The van der Waals surface area contributed by atoms with Gasteiger partial charge in [0.05, 0.1) is 29.6 Å². The summed E-state index contributed by atoms with van der Waals surface area (Å²) in [5.74, 6) is 0.951. The summed E-state index contributed by atoms with van der Waals surface area (Å²) in [6.07, 6.45) is 0.111. The minimum absolute atomic E-state index is 0.111. The molecule has 0 saturated heterocycles. The summed E-state index contributed by atoms with van der Waals surface area (Å²) in [6, 6.07) is 10.9. The number of anilines is 1. The third-order valence-corrected chi connectivity index (χ3v) is 6.17. The summed E-state index contributed by atoms with van der Waals surface area (Å²) in [5.41, 5.74) is 1.27. The van der Waals surface area contributed by atoms with Gasteiger partial charge in [-0.15, -0.1) is 22.7 Å². The van der Waals surface area contributed by atoms with E-state index in [9.17, 15) is 9.59 Å². The molecule has 0 saturated carbocycles. The fourth-order valence-corrected chi connectivity index (χ4v) is 4.40. The Morgan fingerprint density at radius 3 is 2.87 bits per heavy atom. The van der Waals surface area contributed by atoms with Crippen molar-refractivity contribution in [3.63, 3.8) is 0 Å². The van der Waals surface area contributed by atoms with Crippen LogP contribution in [-0.2, 0) is 11.2 Å². The third kappa shape index (κ3) is 4.95. The number of ether oxygens (including phenoxy) is 1. The van der Waals surface area contributed by atoms with E-state index < -0.39 is 0 Å². The molecule has 1 aromatic carbocycles. The Bertz CT molecular complexity index is 1200. The minimum atomic E-state index is -0.314. The van der Waals surface area contributed by atoms with E-state index in [4.69, 9.17) is 9.15 Å². The summed E-state index contributed by atoms with van der Waals surface area (Å²) in [4.78, 5) is 29.6. The standard InChI is InChI=1S/C22H21N3O4S2/c1-3-28-16-7-4-6-14-10-17(29-20(14)16)13(2)23-19(26)11-15-12-31-22(24-15)25-21(27)18-8-5-9-30-18/h4-10,12-13H,3,11H2,1-2H3,(H,23,26)(H,24,25,27). The lowest BCUT2D eigenvalue weighted by Crippen LogP contribution is -2.28. The van der Waals surface area contributed by atoms with Crippen molar-refractivity contribution in [1.82, 2.24) is 10.3 Å². The van der Waals surface area contributed by atoms with Crippen LogP contribution in [0, 0.1) is 0 Å². The number of benzene rings is 1. The average Bonchev–Trinajstić information content (AvgIpc) is 3.49. The van der Waals surface area contributed by atoms with Crippen molar-refractivity contribution in [2.75, 3.05) is 11.9 Å². The zero-order chi connectivity index (χ0) is 21.8. The molecule has 0 aliphatic carbocycles. The van der Waals surface area contributed by atoms with Crippen LogP contribution >= 0.6 is 22.7 Å². The number of furan rings is 1. The number of nitrogens with one attached hydrogen (secondary N) is 2. The Kier molecular flexibility index (Phi) is 6.34. The lowest BCUT2D eigenvalue weighted by atomic mass is 10.2. The molecule has 2 N–H and O–H groups in total. The molecule has 0 radical (unpaired) electrons. The Hall–Kier alpha value is -3.17. The molecular formula is C22H21N3O4S2. The van der Waals surface area contributed by atoms with Crippen molar-refractivity contribution >= 4 is 50.6 Å². The van der Waals surface area contributed by atoms with Crippen molar-refractivity contribution in [2.24, 2.45) is 0 Å². The normalized spacial score (nSPS) is 11.9. The van der Waals surface area contributed by atoms with Crippen molar-refractivity contribution < 1.29 is 18.7 Å². The van der Waals surface area contributed by atoms with E-state index in [-0.39, 0.29) is 24.3 Å². The van der Waals surface area contributed by atoms with Gasteiger partial charge in [-0.1, -0.05) is 18.2 Å². The quantitative estimate of drug-likeness (QED) is 0.389. The molecule has 31 heavy (non-hydrogen) atoms. The van der Waals surface area contributed by atoms with E-state index in [1.54, 1.807) is 11.4 Å². The first-order valence-electron chi connectivity index (χ1n) is 9.77. The highest BCUT2D eigenvalue weighted by atomic mass is 32.1. The summed E-state index contributed by atoms with van der Waals surface area (Å²) in [5, 5.41) is 10.7. The lowest BCUT2D eigenvalue weighted by molar-refractivity contribution is -0.121. The predicted molar refractivity (Wildman–Crippen MR) is 122 cm³/mol. The number of hydrogen-bond donors (Lipinski definition) is 2. The molecule has 1 atom stereocenters. The minimum Gasteiger partial charge on any atom is -0.490 e. The largest absolute Gasteiger partial charge is 0.490 e. The first-order valence-corrected chi connectivity index (χ1v) is 11.5. The molecule has 9 heteroatoms. The van der Waals surface area contributed by atoms with Crippen molar-refractivity contribution in [2.45, 2.75) is 26.3 Å². The molecule has 7 nitrogen and oxygen atoms in total. The van der Waals surface area contributed by atoms with Gasteiger partial charge in [-0.3, -0.25) is 14.9 Å². The molecule has 3 aromatic heterocycles. The summed E-state index contributed by atoms with van der Waals surface area (Å²) in [7, 11) is 0. The van der Waals surface area contributed by atoms with Gasteiger partial charge in [0.15, 0.2) is 16.5 Å². The highest BCUT2D eigenvalue weighted by Crippen LogP contribution is 2.31. The van der Waals surface area contributed by atoms with Gasteiger partial charge >= 0.3 is 0 Å². The Balaban J connectivity index is 1.36. The van der Waals surface area contributed by atoms with E-state index in [1.165, 1.54) is 22.7 Å². The second-order valence-corrected chi connectivity index (χ2v) is 8.60. The van der Waals surface area contributed by atoms with Gasteiger partial charge in [-0.05, 0) is 37.4 Å². The molecule has 2 amide bonds. The van der Waals surface area contributed by atoms with E-state index in [0.717, 1.165) is 5.39 Å². The number of para-hydroxylation sites is 1. The summed E-state index contributed by atoms with van der Waals surface area (Å²) >= 11 is 2.65. The van der Waals surface area contributed by atoms with Crippen LogP contribution in [0.1, 0.15) is 41.0 Å². The molecule has 4 rings (SSSR count). The first-order chi connectivity index (χ1) is 15.0. The van der Waals surface area contributed by atoms with Gasteiger partial charge in [0.2, 0.25) is 5.91 Å². The van der Waals surface area contributed by atoms with Crippen LogP contribution < -0.4 is 15.4 Å². The maximum atomic E-state index is 12.5. The van der Waals surface area contributed by atoms with Gasteiger partial charge in [-0.25, -0.2) is 4.98 Å². The SMILES string of the molecule is CCOc1cccc2cc(C(C)NC(=O)Cc3csc(NC(=O)c4cccs4)n3)oc12. The van der Waals surface area contributed by atoms with Crippen LogP contribution in [0.4, 0.5) is 5.13 Å². The number of carbonyl (C=O) groups excluding carboxylic acids is 2. The third-order valence-electron chi connectivity index (χ3n) is 4.49. The molecule has 0 aliphatic rings. The number of thiophene rings is 1. The number of aromatic nitrogens is 1.